The molecule has 18 aromatic rings. The Kier molecular flexibility index (Phi) is 14.9. The Morgan fingerprint density at radius 3 is 0.875 bits per heavy atom. The predicted octanol–water partition coefficient (Wildman–Crippen LogP) is 27.9. The second-order valence-corrected chi connectivity index (χ2v) is 28.9. The topological polar surface area (TPSA) is 15.3 Å². The minimum absolute atomic E-state index is 0. The summed E-state index contributed by atoms with van der Waals surface area (Å²) in [5.74, 6) is 0. The number of hydrogen-bond acceptors (Lipinski definition) is 2. The van der Waals surface area contributed by atoms with Gasteiger partial charge in [-0.15, -0.1) is 0 Å². The molecule has 2 spiro atoms. The zero-order chi connectivity index (χ0) is 68.5. The van der Waals surface area contributed by atoms with Crippen molar-refractivity contribution in [3.8, 4) is 44.5 Å². The average Bonchev–Trinajstić information content (AvgIpc) is 1.51. The smallest absolute Gasteiger partial charge is 0.0726 e. The van der Waals surface area contributed by atoms with Crippen LogP contribution in [-0.2, 0) is 10.8 Å². The molecular weight excluding hydrogens is 1320 g/mol. The Morgan fingerprint density at radius 2 is 0.481 bits per heavy atom. The van der Waals surface area contributed by atoms with Crippen molar-refractivity contribution in [1.29, 1.82) is 0 Å². The van der Waals surface area contributed by atoms with E-state index in [4.69, 9.17) is 0 Å². The molecule has 0 saturated carbocycles. The lowest BCUT2D eigenvalue weighted by Gasteiger charge is -2.32. The highest BCUT2D eigenvalue weighted by Crippen LogP contribution is 2.65. The Labute approximate surface area is 615 Å². The molecule has 0 unspecified atom stereocenters. The van der Waals surface area contributed by atoms with Crippen molar-refractivity contribution in [1.82, 2.24) is 0 Å². The number of aryl methyl sites for hydroxylation is 2. The maximum Gasteiger partial charge on any atom is 0.0726 e. The normalized spacial score (nSPS) is 13.0. The van der Waals surface area contributed by atoms with Crippen LogP contribution in [0.3, 0.4) is 0 Å². The summed E-state index contributed by atoms with van der Waals surface area (Å²) in [6.45, 7) is 4.24. The van der Waals surface area contributed by atoms with E-state index < -0.39 is 5.41 Å². The zero-order valence-corrected chi connectivity index (χ0v) is 58.6. The van der Waals surface area contributed by atoms with Crippen LogP contribution in [0, 0.1) is 13.8 Å². The van der Waals surface area contributed by atoms with Gasteiger partial charge in [0.1, 0.15) is 0 Å². The molecule has 3 heteroatoms. The summed E-state index contributed by atoms with van der Waals surface area (Å²) in [6, 6.07) is 134. The quantitative estimate of drug-likeness (QED) is 0.173. The summed E-state index contributed by atoms with van der Waals surface area (Å²) in [6.07, 6.45) is 0. The first-order valence-corrected chi connectivity index (χ1v) is 36.5. The Hall–Kier alpha value is -12.4. The van der Waals surface area contributed by atoms with Crippen molar-refractivity contribution in [2.24, 2.45) is 0 Å². The van der Waals surface area contributed by atoms with Crippen LogP contribution in [0.15, 0.2) is 368 Å². The largest absolute Gasteiger partial charge is 0.355 e. The van der Waals surface area contributed by atoms with E-state index in [1.807, 2.05) is 12.1 Å². The summed E-state index contributed by atoms with van der Waals surface area (Å²) in [7, 11) is 0. The van der Waals surface area contributed by atoms with Gasteiger partial charge in [0.2, 0.25) is 0 Å². The lowest BCUT2D eigenvalue weighted by molar-refractivity contribution is 0.793. The van der Waals surface area contributed by atoms with Crippen molar-refractivity contribution in [2.75, 3.05) is 10.2 Å². The van der Waals surface area contributed by atoms with Gasteiger partial charge in [0, 0.05) is 32.9 Å². The van der Waals surface area contributed by atoms with Gasteiger partial charge < -0.3 is 10.2 Å². The Bertz CT molecular complexity index is 6300. The molecule has 0 aromatic heterocycles. The number of anilines is 5. The lowest BCUT2D eigenvalue weighted by Crippen LogP contribution is -2.26. The van der Waals surface area contributed by atoms with E-state index in [-0.39, 0.29) is 12.8 Å². The lowest BCUT2D eigenvalue weighted by atomic mass is 9.70. The van der Waals surface area contributed by atoms with Crippen LogP contribution in [0.5, 0.6) is 0 Å². The van der Waals surface area contributed by atoms with E-state index in [1.165, 1.54) is 165 Å². The van der Waals surface area contributed by atoms with E-state index in [1.54, 1.807) is 0 Å². The highest BCUT2D eigenvalue weighted by molar-refractivity contribution is 9.10. The van der Waals surface area contributed by atoms with Crippen LogP contribution in [-0.4, -0.2) is 0 Å². The first-order chi connectivity index (χ1) is 50.8. The van der Waals surface area contributed by atoms with Crippen molar-refractivity contribution in [2.45, 2.75) is 32.1 Å². The highest BCUT2D eigenvalue weighted by atomic mass is 79.9. The maximum atomic E-state index is 3.82. The van der Waals surface area contributed by atoms with E-state index in [0.717, 1.165) is 32.9 Å². The molecule has 0 heterocycles. The molecule has 492 valence electrons. The minimum Gasteiger partial charge on any atom is -0.355 e. The molecule has 2 nitrogen and oxygen atoms in total. The van der Waals surface area contributed by atoms with Crippen LogP contribution in [0.4, 0.5) is 28.4 Å². The average molecular weight is 1390 g/mol. The third-order valence-electron chi connectivity index (χ3n) is 22.6. The molecular formula is C101H71BrN2. The summed E-state index contributed by atoms with van der Waals surface area (Å²) in [5.41, 5.74) is 28.9. The van der Waals surface area contributed by atoms with Gasteiger partial charge in [-0.05, 0) is 240 Å². The number of benzene rings is 18. The van der Waals surface area contributed by atoms with Crippen LogP contribution in [0.2, 0.25) is 0 Å². The summed E-state index contributed by atoms with van der Waals surface area (Å²) >= 11 is 3.35. The molecule has 0 saturated heterocycles. The van der Waals surface area contributed by atoms with Gasteiger partial charge in [-0.2, -0.15) is 0 Å². The molecule has 1 N–H and O–H groups in total. The van der Waals surface area contributed by atoms with E-state index in [2.05, 4.69) is 392 Å². The van der Waals surface area contributed by atoms with Gasteiger partial charge in [0.25, 0.3) is 0 Å². The molecule has 0 aliphatic heterocycles. The number of hydrogen-bond donors (Lipinski definition) is 1. The van der Waals surface area contributed by atoms with E-state index in [9.17, 15) is 0 Å². The molecule has 4 aliphatic carbocycles. The fourth-order valence-electron chi connectivity index (χ4n) is 18.3. The van der Waals surface area contributed by atoms with Crippen LogP contribution in [0.25, 0.3) is 109 Å². The van der Waals surface area contributed by atoms with Crippen molar-refractivity contribution in [3.63, 3.8) is 0 Å². The number of nitrogens with one attached hydrogen (secondary N) is 1. The van der Waals surface area contributed by atoms with Gasteiger partial charge in [-0.3, -0.25) is 0 Å². The van der Waals surface area contributed by atoms with Gasteiger partial charge in [0.05, 0.1) is 10.8 Å². The molecule has 0 fully saturated rings. The van der Waals surface area contributed by atoms with Crippen LogP contribution in [0.1, 0.15) is 63.1 Å². The highest BCUT2D eigenvalue weighted by Gasteiger charge is 2.53. The molecule has 22 rings (SSSR count). The van der Waals surface area contributed by atoms with Crippen molar-refractivity contribution >= 4 is 109 Å². The second kappa shape index (κ2) is 24.7. The third-order valence-corrected chi connectivity index (χ3v) is 23.1. The summed E-state index contributed by atoms with van der Waals surface area (Å²) in [4.78, 5) is 2.45. The molecule has 4 aliphatic rings. The van der Waals surface area contributed by atoms with Gasteiger partial charge in [0.15, 0.2) is 0 Å². The van der Waals surface area contributed by atoms with Gasteiger partial charge >= 0.3 is 0 Å². The number of rotatable bonds is 5. The van der Waals surface area contributed by atoms with Gasteiger partial charge in [-0.1, -0.05) is 326 Å². The number of fused-ring (bicyclic) bond motifs is 32. The van der Waals surface area contributed by atoms with Crippen LogP contribution < -0.4 is 10.2 Å². The first-order valence-electron chi connectivity index (χ1n) is 35.7. The maximum absolute atomic E-state index is 3.82. The second-order valence-electron chi connectivity index (χ2n) is 28.0. The van der Waals surface area contributed by atoms with Crippen molar-refractivity contribution in [3.05, 3.63) is 424 Å². The number of halogens is 1. The SMILES string of the molecule is C.Cc1ccc(Br)cc1.Cc1ccc(N(c2ccc3c(c2)C2(c4ccccc4-c4ccccc42)c2ccccc2-3)c2ccc3c4ccccc4c4ccccc4c3c2)cc1.c1ccc2c(c1)-c1ccccc1C21c2ccccc2-c2ccc(Nc3ccc4c5ccccc5c5ccccc5c4c3)cc21. The predicted molar refractivity (Wildman–Crippen MR) is 445 cm³/mol. The number of nitrogens with zero attached hydrogens (tertiary/aromatic N) is 1. The molecule has 104 heavy (non-hydrogen) atoms. The molecule has 18 aromatic carbocycles. The zero-order valence-electron chi connectivity index (χ0n) is 57.0. The Morgan fingerprint density at radius 1 is 0.221 bits per heavy atom. The molecule has 0 radical (unpaired) electrons. The van der Waals surface area contributed by atoms with Gasteiger partial charge in [-0.25, -0.2) is 0 Å². The fraction of sp³-hybridized carbons (Fsp3) is 0.0495. The third kappa shape index (κ3) is 9.40. The van der Waals surface area contributed by atoms with E-state index in [0.29, 0.717) is 0 Å². The Balaban J connectivity index is 0.000000129. The fourth-order valence-corrected chi connectivity index (χ4v) is 18.5. The molecule has 0 amide bonds. The molecule has 0 bridgehead atoms. The molecule has 0 atom stereocenters. The van der Waals surface area contributed by atoms with E-state index >= 15 is 0 Å². The summed E-state index contributed by atoms with van der Waals surface area (Å²) in [5, 5.41) is 19.2. The monoisotopic (exact) mass is 1390 g/mol. The summed E-state index contributed by atoms with van der Waals surface area (Å²) < 4.78 is 1.14. The van der Waals surface area contributed by atoms with Crippen LogP contribution >= 0.6 is 15.9 Å². The first kappa shape index (κ1) is 62.6. The minimum atomic E-state index is -0.396. The van der Waals surface area contributed by atoms with Crippen molar-refractivity contribution < 1.29 is 0 Å². The standard InChI is InChI=1S/C50H33N.C43H27N.C7H7Br.CH4/c1-32-22-24-33(25-23-32)51(34-26-28-40-38-14-3-2-12-36(38)37-13-4-5-15-39(37)45(40)30-34)35-27-29-44-43-18-8-11-21-48(43)50(49(44)31-35)46-19-9-6-16-41(46)42-17-7-10-20-47(42)50;1-2-13-31-29(11-1)30-12-3-4-14-32(30)38-25-27(21-23-33(31)38)44-28-22-24-37-36-17-7-10-20-41(36)43(42(37)26-28)39-18-8-5-15-34(39)35-16-6-9-19-40(35)43;1-6-2-4-7(8)5-3-6;/h2-31H,1H3;1-26,44H;2-5H,1H3;1H4.